The van der Waals surface area contributed by atoms with E-state index in [9.17, 15) is 0 Å². The predicted molar refractivity (Wildman–Crippen MR) is 54.9 cm³/mol. The largest absolute Gasteiger partial charge is 0.0802 e. The van der Waals surface area contributed by atoms with Crippen molar-refractivity contribution in [1.82, 2.24) is 0 Å². The third-order valence-corrected chi connectivity index (χ3v) is 3.26. The molecule has 0 unspecified atom stereocenters. The molecule has 0 saturated carbocycles. The Balaban J connectivity index is 4.20. The minimum absolute atomic E-state index is 0.0806. The smallest absolute Gasteiger partial charge is 0.0512 e. The highest BCUT2D eigenvalue weighted by molar-refractivity contribution is 9.14. The van der Waals surface area contributed by atoms with E-state index in [0.717, 1.165) is 0 Å². The third-order valence-electron chi connectivity index (χ3n) is 1.05. The van der Waals surface area contributed by atoms with Gasteiger partial charge in [-0.3, -0.25) is 0 Å². The van der Waals surface area contributed by atoms with Crippen molar-refractivity contribution < 1.29 is 0 Å². The van der Waals surface area contributed by atoms with Gasteiger partial charge in [-0.15, -0.1) is 0 Å². The van der Waals surface area contributed by atoms with Crippen LogP contribution in [0, 0.1) is 5.92 Å². The molecule has 0 N–H and O–H groups in total. The molecule has 0 aliphatic heterocycles. The first kappa shape index (κ1) is 10.7. The van der Waals surface area contributed by atoms with E-state index in [2.05, 4.69) is 65.6 Å². The minimum Gasteiger partial charge on any atom is -0.0802 e. The van der Waals surface area contributed by atoms with Crippen molar-refractivity contribution >= 4 is 31.9 Å². The average molecular weight is 270 g/mol. The van der Waals surface area contributed by atoms with Gasteiger partial charge in [0.05, 0.1) is 4.32 Å². The van der Waals surface area contributed by atoms with Crippen LogP contribution in [0.25, 0.3) is 0 Å². The number of hydrogen-bond acceptors (Lipinski definition) is 0. The van der Waals surface area contributed by atoms with Crippen molar-refractivity contribution in [1.29, 1.82) is 0 Å². The van der Waals surface area contributed by atoms with E-state index in [1.165, 1.54) is 4.48 Å². The molecular weight excluding hydrogens is 256 g/mol. The fraction of sp³-hybridized carbons (Fsp3) is 0.750. The van der Waals surface area contributed by atoms with Gasteiger partial charge in [-0.05, 0) is 19.8 Å². The molecule has 0 heterocycles. The number of alkyl halides is 1. The summed E-state index contributed by atoms with van der Waals surface area (Å²) in [6.07, 6.45) is 2.20. The molecule has 2 heteroatoms. The Labute approximate surface area is 80.3 Å². The van der Waals surface area contributed by atoms with Crippen molar-refractivity contribution in [3.05, 3.63) is 10.6 Å². The Morgan fingerprint density at radius 3 is 1.90 bits per heavy atom. The van der Waals surface area contributed by atoms with E-state index < -0.39 is 0 Å². The Morgan fingerprint density at radius 2 is 1.80 bits per heavy atom. The monoisotopic (exact) mass is 268 g/mol. The maximum atomic E-state index is 3.56. The summed E-state index contributed by atoms with van der Waals surface area (Å²) in [6.45, 7) is 8.58. The van der Waals surface area contributed by atoms with Gasteiger partial charge >= 0.3 is 0 Å². The SMILES string of the molecule is CC(C)C=C(Br)C(C)(C)Br. The number of halogens is 2. The Hall–Kier alpha value is 0.700. The van der Waals surface area contributed by atoms with Crippen molar-refractivity contribution in [3.8, 4) is 0 Å². The lowest BCUT2D eigenvalue weighted by Crippen LogP contribution is -2.09. The minimum atomic E-state index is 0.0806. The van der Waals surface area contributed by atoms with E-state index in [0.29, 0.717) is 5.92 Å². The number of hydrogen-bond donors (Lipinski definition) is 0. The van der Waals surface area contributed by atoms with Crippen LogP contribution in [0.15, 0.2) is 10.6 Å². The first-order chi connectivity index (χ1) is 4.34. The van der Waals surface area contributed by atoms with E-state index in [4.69, 9.17) is 0 Å². The molecule has 0 amide bonds. The van der Waals surface area contributed by atoms with Gasteiger partial charge in [0.1, 0.15) is 0 Å². The molecule has 0 fully saturated rings. The highest BCUT2D eigenvalue weighted by Gasteiger charge is 2.16. The van der Waals surface area contributed by atoms with Crippen LogP contribution >= 0.6 is 31.9 Å². The second kappa shape index (κ2) is 3.91. The fourth-order valence-electron chi connectivity index (χ4n) is 0.491. The lowest BCUT2D eigenvalue weighted by atomic mass is 10.1. The molecule has 0 spiro atoms. The summed E-state index contributed by atoms with van der Waals surface area (Å²) in [7, 11) is 0. The highest BCUT2D eigenvalue weighted by Crippen LogP contribution is 2.31. The van der Waals surface area contributed by atoms with Crippen LogP contribution in [-0.4, -0.2) is 4.32 Å². The number of rotatable bonds is 2. The van der Waals surface area contributed by atoms with Crippen LogP contribution in [-0.2, 0) is 0 Å². The zero-order valence-electron chi connectivity index (χ0n) is 6.91. The lowest BCUT2D eigenvalue weighted by molar-refractivity contribution is 0.804. The predicted octanol–water partition coefficient (Wildman–Crippen LogP) is 4.09. The van der Waals surface area contributed by atoms with E-state index >= 15 is 0 Å². The van der Waals surface area contributed by atoms with Crippen LogP contribution in [0.3, 0.4) is 0 Å². The number of allylic oxidation sites excluding steroid dienone is 2. The molecule has 0 aromatic carbocycles. The molecule has 0 nitrogen and oxygen atoms in total. The molecule has 0 rings (SSSR count). The Kier molecular flexibility index (Phi) is 4.19. The van der Waals surface area contributed by atoms with Gasteiger partial charge in [-0.1, -0.05) is 51.8 Å². The molecule has 10 heavy (non-hydrogen) atoms. The zero-order valence-corrected chi connectivity index (χ0v) is 10.1. The van der Waals surface area contributed by atoms with Crippen LogP contribution in [0.5, 0.6) is 0 Å². The van der Waals surface area contributed by atoms with E-state index in [-0.39, 0.29) is 4.32 Å². The van der Waals surface area contributed by atoms with Gasteiger partial charge in [-0.25, -0.2) is 0 Å². The van der Waals surface area contributed by atoms with Gasteiger partial charge in [0.25, 0.3) is 0 Å². The quantitative estimate of drug-likeness (QED) is 0.663. The van der Waals surface area contributed by atoms with Crippen LogP contribution in [0.1, 0.15) is 27.7 Å². The summed E-state index contributed by atoms with van der Waals surface area (Å²) in [6, 6.07) is 0. The standard InChI is InChI=1S/C8H14Br2/c1-6(2)5-7(9)8(3,4)10/h5-6H,1-4H3. The van der Waals surface area contributed by atoms with Crippen LogP contribution in [0.4, 0.5) is 0 Å². The summed E-state index contributed by atoms with van der Waals surface area (Å²) < 4.78 is 1.30. The molecule has 60 valence electrons. The van der Waals surface area contributed by atoms with Crippen molar-refractivity contribution in [3.63, 3.8) is 0 Å². The first-order valence-corrected chi connectivity index (χ1v) is 4.99. The van der Waals surface area contributed by atoms with Crippen LogP contribution < -0.4 is 0 Å². The van der Waals surface area contributed by atoms with Crippen molar-refractivity contribution in [2.75, 3.05) is 0 Å². The highest BCUT2D eigenvalue weighted by atomic mass is 79.9. The summed E-state index contributed by atoms with van der Waals surface area (Å²) in [5.74, 6) is 0.603. The van der Waals surface area contributed by atoms with Gasteiger partial charge in [-0.2, -0.15) is 0 Å². The van der Waals surface area contributed by atoms with Crippen molar-refractivity contribution in [2.24, 2.45) is 5.92 Å². The molecule has 0 atom stereocenters. The molecule has 0 aromatic heterocycles. The zero-order chi connectivity index (χ0) is 8.36. The van der Waals surface area contributed by atoms with E-state index in [1.807, 2.05) is 0 Å². The molecule has 0 saturated heterocycles. The summed E-state index contributed by atoms with van der Waals surface area (Å²) in [5.41, 5.74) is 0. The lowest BCUT2D eigenvalue weighted by Gasteiger charge is -2.16. The maximum absolute atomic E-state index is 3.56. The third kappa shape index (κ3) is 4.51. The summed E-state index contributed by atoms with van der Waals surface area (Å²) in [5, 5.41) is 0. The molecule has 0 bridgehead atoms. The Bertz CT molecular complexity index is 129. The summed E-state index contributed by atoms with van der Waals surface area (Å²) in [4.78, 5) is 0. The molecule has 0 aromatic rings. The van der Waals surface area contributed by atoms with Gasteiger partial charge in [0.2, 0.25) is 0 Å². The average Bonchev–Trinajstić information content (AvgIpc) is 1.60. The Morgan fingerprint density at radius 1 is 1.40 bits per heavy atom. The second-order valence-electron chi connectivity index (χ2n) is 3.23. The molecule has 0 aliphatic carbocycles. The molecular formula is C8H14Br2. The topological polar surface area (TPSA) is 0 Å². The normalized spacial score (nSPS) is 14.5. The maximum Gasteiger partial charge on any atom is 0.0512 e. The first-order valence-electron chi connectivity index (χ1n) is 3.40. The summed E-state index contributed by atoms with van der Waals surface area (Å²) >= 11 is 7.07. The van der Waals surface area contributed by atoms with Gasteiger partial charge < -0.3 is 0 Å². The van der Waals surface area contributed by atoms with Crippen LogP contribution in [0.2, 0.25) is 0 Å². The molecule has 0 aliphatic rings. The van der Waals surface area contributed by atoms with Gasteiger partial charge in [0.15, 0.2) is 0 Å². The molecule has 0 radical (unpaired) electrons. The van der Waals surface area contributed by atoms with E-state index in [1.54, 1.807) is 0 Å². The second-order valence-corrected chi connectivity index (χ2v) is 6.07. The van der Waals surface area contributed by atoms with Gasteiger partial charge in [0, 0.05) is 4.48 Å². The fourth-order valence-corrected chi connectivity index (χ4v) is 1.15. The van der Waals surface area contributed by atoms with Crippen molar-refractivity contribution in [2.45, 2.75) is 32.0 Å².